The summed E-state index contributed by atoms with van der Waals surface area (Å²) in [6.45, 7) is 8.71. The first-order valence-electron chi connectivity index (χ1n) is 7.69. The van der Waals surface area contributed by atoms with E-state index in [1.165, 1.54) is 19.3 Å². The van der Waals surface area contributed by atoms with Gasteiger partial charge in [0.1, 0.15) is 5.75 Å². The Hall–Kier alpha value is -1.02. The quantitative estimate of drug-likeness (QED) is 0.681. The molecule has 1 rings (SSSR count). The van der Waals surface area contributed by atoms with Crippen LogP contribution in [0.4, 0.5) is 0 Å². The maximum Gasteiger partial charge on any atom is 0.119 e. The number of ether oxygens (including phenoxy) is 1. The predicted molar refractivity (Wildman–Crippen MR) is 82.7 cm³/mol. The van der Waals surface area contributed by atoms with Gasteiger partial charge in [0.05, 0.1) is 6.61 Å². The summed E-state index contributed by atoms with van der Waals surface area (Å²) in [5.74, 6) is 1.69. The van der Waals surface area contributed by atoms with Crippen LogP contribution in [0.1, 0.15) is 46.5 Å². The molecule has 2 unspecified atom stereocenters. The van der Waals surface area contributed by atoms with E-state index in [4.69, 9.17) is 4.74 Å². The van der Waals surface area contributed by atoms with E-state index in [-0.39, 0.29) is 0 Å². The molecule has 0 aromatic heterocycles. The molecule has 2 heteroatoms. The van der Waals surface area contributed by atoms with Gasteiger partial charge in [0, 0.05) is 6.04 Å². The molecule has 0 bridgehead atoms. The van der Waals surface area contributed by atoms with Gasteiger partial charge in [-0.15, -0.1) is 0 Å². The number of hydrogen-bond donors (Lipinski definition) is 1. The fourth-order valence-electron chi connectivity index (χ4n) is 2.39. The van der Waals surface area contributed by atoms with Crippen LogP contribution in [0.3, 0.4) is 0 Å². The Balaban J connectivity index is 2.35. The van der Waals surface area contributed by atoms with Crippen molar-refractivity contribution in [3.8, 4) is 5.75 Å². The maximum atomic E-state index is 5.80. The van der Waals surface area contributed by atoms with Gasteiger partial charge < -0.3 is 10.1 Å². The first-order chi connectivity index (χ1) is 9.27. The van der Waals surface area contributed by atoms with Gasteiger partial charge in [0.2, 0.25) is 0 Å². The molecule has 1 aromatic carbocycles. The van der Waals surface area contributed by atoms with Crippen LogP contribution < -0.4 is 10.1 Å². The Morgan fingerprint density at radius 3 is 2.42 bits per heavy atom. The minimum Gasteiger partial charge on any atom is -0.494 e. The Morgan fingerprint density at radius 1 is 1.05 bits per heavy atom. The van der Waals surface area contributed by atoms with Crippen LogP contribution in [-0.2, 0) is 0 Å². The van der Waals surface area contributed by atoms with Gasteiger partial charge in [-0.2, -0.15) is 0 Å². The Morgan fingerprint density at radius 2 is 1.79 bits per heavy atom. The van der Waals surface area contributed by atoms with Gasteiger partial charge >= 0.3 is 0 Å². The third kappa shape index (κ3) is 6.63. The molecule has 0 radical (unpaired) electrons. The summed E-state index contributed by atoms with van der Waals surface area (Å²) in [6, 6.07) is 10.7. The van der Waals surface area contributed by atoms with Crippen LogP contribution >= 0.6 is 0 Å². The molecule has 0 saturated heterocycles. The average molecular weight is 263 g/mol. The fourth-order valence-corrected chi connectivity index (χ4v) is 2.39. The normalized spacial score (nSPS) is 14.1. The first-order valence-corrected chi connectivity index (χ1v) is 7.69. The highest BCUT2D eigenvalue weighted by Crippen LogP contribution is 2.15. The molecule has 0 aliphatic rings. The minimum atomic E-state index is 0.573. The monoisotopic (exact) mass is 263 g/mol. The third-order valence-electron chi connectivity index (χ3n) is 3.53. The largest absolute Gasteiger partial charge is 0.494 e. The first kappa shape index (κ1) is 16.0. The van der Waals surface area contributed by atoms with Crippen molar-refractivity contribution in [2.75, 3.05) is 13.2 Å². The minimum absolute atomic E-state index is 0.573. The lowest BCUT2D eigenvalue weighted by Crippen LogP contribution is -2.36. The highest BCUT2D eigenvalue weighted by atomic mass is 16.5. The maximum absolute atomic E-state index is 5.80. The molecule has 1 aromatic rings. The summed E-state index contributed by atoms with van der Waals surface area (Å²) in [5.41, 5.74) is 0. The van der Waals surface area contributed by atoms with Crippen molar-refractivity contribution in [2.45, 2.75) is 52.5 Å². The summed E-state index contributed by atoms with van der Waals surface area (Å²) in [7, 11) is 0. The lowest BCUT2D eigenvalue weighted by molar-refractivity contribution is 0.251. The Labute approximate surface area is 118 Å². The van der Waals surface area contributed by atoms with Crippen LogP contribution in [0, 0.1) is 5.92 Å². The summed E-state index contributed by atoms with van der Waals surface area (Å²) in [4.78, 5) is 0. The zero-order valence-electron chi connectivity index (χ0n) is 12.7. The van der Waals surface area contributed by atoms with Crippen molar-refractivity contribution in [3.05, 3.63) is 30.3 Å². The number of benzene rings is 1. The summed E-state index contributed by atoms with van der Waals surface area (Å²) < 4.78 is 5.80. The molecular weight excluding hydrogens is 234 g/mol. The van der Waals surface area contributed by atoms with E-state index >= 15 is 0 Å². The Kier molecular flexibility index (Phi) is 8.31. The number of hydrogen-bond acceptors (Lipinski definition) is 2. The predicted octanol–water partition coefficient (Wildman–Crippen LogP) is 4.26. The van der Waals surface area contributed by atoms with E-state index in [0.717, 1.165) is 31.2 Å². The van der Waals surface area contributed by atoms with Crippen molar-refractivity contribution < 1.29 is 4.74 Å². The molecule has 19 heavy (non-hydrogen) atoms. The SMILES string of the molecule is CCCNC(CCOc1ccccc1)C(C)CCC. The van der Waals surface area contributed by atoms with Crippen LogP contribution in [-0.4, -0.2) is 19.2 Å². The second kappa shape index (κ2) is 9.85. The number of rotatable bonds is 10. The molecule has 2 atom stereocenters. The van der Waals surface area contributed by atoms with Gasteiger partial charge in [-0.1, -0.05) is 45.4 Å². The van der Waals surface area contributed by atoms with E-state index in [0.29, 0.717) is 6.04 Å². The lowest BCUT2D eigenvalue weighted by atomic mass is 9.94. The molecule has 0 aliphatic heterocycles. The van der Waals surface area contributed by atoms with Crippen molar-refractivity contribution in [2.24, 2.45) is 5.92 Å². The molecule has 1 N–H and O–H groups in total. The molecule has 0 heterocycles. The average Bonchev–Trinajstić information content (AvgIpc) is 2.44. The summed E-state index contributed by atoms with van der Waals surface area (Å²) >= 11 is 0. The van der Waals surface area contributed by atoms with Crippen molar-refractivity contribution >= 4 is 0 Å². The molecule has 108 valence electrons. The van der Waals surface area contributed by atoms with E-state index in [1.54, 1.807) is 0 Å². The molecule has 0 spiro atoms. The van der Waals surface area contributed by atoms with Crippen molar-refractivity contribution in [1.82, 2.24) is 5.32 Å². The zero-order chi connectivity index (χ0) is 13.9. The van der Waals surface area contributed by atoms with Gasteiger partial charge in [-0.3, -0.25) is 0 Å². The topological polar surface area (TPSA) is 21.3 Å². The van der Waals surface area contributed by atoms with Crippen LogP contribution in [0.15, 0.2) is 30.3 Å². The third-order valence-corrected chi connectivity index (χ3v) is 3.53. The van der Waals surface area contributed by atoms with Gasteiger partial charge in [-0.05, 0) is 43.9 Å². The molecule has 0 fully saturated rings. The van der Waals surface area contributed by atoms with E-state index in [9.17, 15) is 0 Å². The summed E-state index contributed by atoms with van der Waals surface area (Å²) in [5, 5.41) is 3.66. The van der Waals surface area contributed by atoms with E-state index < -0.39 is 0 Å². The number of nitrogens with one attached hydrogen (secondary N) is 1. The van der Waals surface area contributed by atoms with E-state index in [2.05, 4.69) is 26.1 Å². The lowest BCUT2D eigenvalue weighted by Gasteiger charge is -2.25. The highest BCUT2D eigenvalue weighted by molar-refractivity contribution is 5.20. The standard InChI is InChI=1S/C17H29NO/c1-4-9-15(3)17(18-13-5-2)12-14-19-16-10-7-6-8-11-16/h6-8,10-11,15,17-18H,4-5,9,12-14H2,1-3H3. The Bertz CT molecular complexity index is 312. The zero-order valence-corrected chi connectivity index (χ0v) is 12.7. The van der Waals surface area contributed by atoms with Crippen molar-refractivity contribution in [3.63, 3.8) is 0 Å². The van der Waals surface area contributed by atoms with Gasteiger partial charge in [0.25, 0.3) is 0 Å². The van der Waals surface area contributed by atoms with Gasteiger partial charge in [-0.25, -0.2) is 0 Å². The molecule has 0 saturated carbocycles. The van der Waals surface area contributed by atoms with Crippen LogP contribution in [0.5, 0.6) is 5.75 Å². The number of para-hydroxylation sites is 1. The van der Waals surface area contributed by atoms with E-state index in [1.807, 2.05) is 30.3 Å². The van der Waals surface area contributed by atoms with Crippen LogP contribution in [0.25, 0.3) is 0 Å². The highest BCUT2D eigenvalue weighted by Gasteiger charge is 2.15. The van der Waals surface area contributed by atoms with Crippen molar-refractivity contribution in [1.29, 1.82) is 0 Å². The second-order valence-corrected chi connectivity index (χ2v) is 5.28. The summed E-state index contributed by atoms with van der Waals surface area (Å²) in [6.07, 6.45) is 4.81. The van der Waals surface area contributed by atoms with Crippen LogP contribution in [0.2, 0.25) is 0 Å². The molecular formula is C17H29NO. The second-order valence-electron chi connectivity index (χ2n) is 5.28. The molecule has 2 nitrogen and oxygen atoms in total. The molecule has 0 aliphatic carbocycles. The molecule has 0 amide bonds. The van der Waals surface area contributed by atoms with Gasteiger partial charge in [0.15, 0.2) is 0 Å². The smallest absolute Gasteiger partial charge is 0.119 e. The fraction of sp³-hybridized carbons (Fsp3) is 0.647.